The van der Waals surface area contributed by atoms with Gasteiger partial charge in [-0.15, -0.1) is 11.8 Å². The molecule has 0 saturated heterocycles. The Bertz CT molecular complexity index is 765. The molecule has 0 radical (unpaired) electrons. The fourth-order valence-corrected chi connectivity index (χ4v) is 2.85. The molecule has 0 fully saturated rings. The summed E-state index contributed by atoms with van der Waals surface area (Å²) < 4.78 is 10.8. The molecule has 2 aromatic carbocycles. The van der Waals surface area contributed by atoms with Gasteiger partial charge in [0.15, 0.2) is 6.61 Å². The van der Waals surface area contributed by atoms with E-state index < -0.39 is 0 Å². The maximum atomic E-state index is 12.2. The second-order valence-electron chi connectivity index (χ2n) is 5.69. The molecule has 1 N–H and O–H groups in total. The molecule has 144 valence electrons. The van der Waals surface area contributed by atoms with Gasteiger partial charge in [-0.1, -0.05) is 12.1 Å². The lowest BCUT2D eigenvalue weighted by molar-refractivity contribution is -0.135. The Labute approximate surface area is 163 Å². The maximum Gasteiger partial charge on any atom is 0.260 e. The van der Waals surface area contributed by atoms with Crippen molar-refractivity contribution in [1.29, 1.82) is 0 Å². The Balaban J connectivity index is 1.81. The van der Waals surface area contributed by atoms with Crippen LogP contribution in [-0.2, 0) is 9.59 Å². The first-order valence-electron chi connectivity index (χ1n) is 8.56. The summed E-state index contributed by atoms with van der Waals surface area (Å²) in [5.41, 5.74) is 0.737. The van der Waals surface area contributed by atoms with E-state index in [0.717, 1.165) is 16.3 Å². The van der Waals surface area contributed by atoms with Gasteiger partial charge in [-0.05, 0) is 49.6 Å². The van der Waals surface area contributed by atoms with Crippen LogP contribution in [0, 0.1) is 0 Å². The van der Waals surface area contributed by atoms with Crippen LogP contribution >= 0.6 is 11.8 Å². The minimum Gasteiger partial charge on any atom is -0.494 e. The number of hydrogen-bond donors (Lipinski definition) is 1. The summed E-state index contributed by atoms with van der Waals surface area (Å²) in [5.74, 6) is 0.777. The van der Waals surface area contributed by atoms with Crippen molar-refractivity contribution < 1.29 is 19.1 Å². The average molecular weight is 388 g/mol. The molecule has 0 spiro atoms. The number of benzene rings is 2. The number of ether oxygens (including phenoxy) is 2. The fourth-order valence-electron chi connectivity index (χ4n) is 2.30. The van der Waals surface area contributed by atoms with Crippen LogP contribution in [0.2, 0.25) is 0 Å². The zero-order valence-corrected chi connectivity index (χ0v) is 16.5. The van der Waals surface area contributed by atoms with Gasteiger partial charge in [-0.25, -0.2) is 0 Å². The Morgan fingerprint density at radius 2 is 1.67 bits per heavy atom. The molecule has 2 aromatic rings. The number of hydrogen-bond acceptors (Lipinski definition) is 5. The maximum absolute atomic E-state index is 12.2. The number of para-hydroxylation sites is 1. The summed E-state index contributed by atoms with van der Waals surface area (Å²) in [5, 5.41) is 2.83. The van der Waals surface area contributed by atoms with Crippen molar-refractivity contribution in [3.8, 4) is 11.5 Å². The van der Waals surface area contributed by atoms with E-state index in [1.807, 2.05) is 37.4 Å². The van der Waals surface area contributed by atoms with E-state index in [9.17, 15) is 9.59 Å². The quantitative estimate of drug-likeness (QED) is 0.668. The van der Waals surface area contributed by atoms with Crippen LogP contribution in [0.25, 0.3) is 0 Å². The van der Waals surface area contributed by atoms with Gasteiger partial charge in [-0.2, -0.15) is 0 Å². The smallest absolute Gasteiger partial charge is 0.260 e. The minimum atomic E-state index is -0.280. The molecule has 0 aliphatic carbocycles. The standard InChI is InChI=1S/C20H24N2O4S/c1-4-25-15-9-11-16(12-10-15)26-14-20(24)22(2)13-19(23)21-17-7-5-6-8-18(17)27-3/h5-12H,4,13-14H2,1-3H3,(H,21,23). The number of thioether (sulfide) groups is 1. The SMILES string of the molecule is CCOc1ccc(OCC(=O)N(C)CC(=O)Nc2ccccc2SC)cc1. The number of amides is 2. The summed E-state index contributed by atoms with van der Waals surface area (Å²) in [4.78, 5) is 26.7. The van der Waals surface area contributed by atoms with Crippen molar-refractivity contribution >= 4 is 29.3 Å². The number of carbonyl (C=O) groups excluding carboxylic acids is 2. The molecular formula is C20H24N2O4S. The van der Waals surface area contributed by atoms with Crippen LogP contribution in [0.3, 0.4) is 0 Å². The molecule has 2 rings (SSSR count). The number of anilines is 1. The molecule has 0 aliphatic heterocycles. The lowest BCUT2D eigenvalue weighted by Gasteiger charge is -2.18. The third-order valence-electron chi connectivity index (χ3n) is 3.68. The first-order valence-corrected chi connectivity index (χ1v) is 9.78. The van der Waals surface area contributed by atoms with Crippen LogP contribution in [0.15, 0.2) is 53.4 Å². The van der Waals surface area contributed by atoms with Crippen LogP contribution < -0.4 is 14.8 Å². The van der Waals surface area contributed by atoms with Gasteiger partial charge in [0.05, 0.1) is 18.8 Å². The molecule has 0 bridgehead atoms. The molecular weight excluding hydrogens is 364 g/mol. The van der Waals surface area contributed by atoms with E-state index in [0.29, 0.717) is 12.4 Å². The number of nitrogens with zero attached hydrogens (tertiary/aromatic N) is 1. The largest absolute Gasteiger partial charge is 0.494 e. The van der Waals surface area contributed by atoms with E-state index in [1.165, 1.54) is 4.90 Å². The molecule has 0 unspecified atom stereocenters. The zero-order valence-electron chi connectivity index (χ0n) is 15.7. The van der Waals surface area contributed by atoms with Gasteiger partial charge in [-0.3, -0.25) is 9.59 Å². The molecule has 2 amide bonds. The highest BCUT2D eigenvalue weighted by molar-refractivity contribution is 7.98. The lowest BCUT2D eigenvalue weighted by Crippen LogP contribution is -2.37. The van der Waals surface area contributed by atoms with E-state index in [2.05, 4.69) is 5.32 Å². The van der Waals surface area contributed by atoms with Gasteiger partial charge >= 0.3 is 0 Å². The van der Waals surface area contributed by atoms with Crippen molar-refractivity contribution in [2.45, 2.75) is 11.8 Å². The number of carbonyl (C=O) groups is 2. The number of rotatable bonds is 9. The third kappa shape index (κ3) is 6.53. The van der Waals surface area contributed by atoms with Gasteiger partial charge in [0.2, 0.25) is 5.91 Å². The highest BCUT2D eigenvalue weighted by atomic mass is 32.2. The van der Waals surface area contributed by atoms with Crippen molar-refractivity contribution in [1.82, 2.24) is 4.90 Å². The molecule has 0 heterocycles. The summed E-state index contributed by atoms with van der Waals surface area (Å²) in [6, 6.07) is 14.6. The monoisotopic (exact) mass is 388 g/mol. The molecule has 27 heavy (non-hydrogen) atoms. The van der Waals surface area contributed by atoms with Crippen LogP contribution in [0.1, 0.15) is 6.92 Å². The van der Waals surface area contributed by atoms with Crippen LogP contribution in [0.5, 0.6) is 11.5 Å². The van der Waals surface area contributed by atoms with Crippen molar-refractivity contribution in [3.63, 3.8) is 0 Å². The van der Waals surface area contributed by atoms with Crippen molar-refractivity contribution in [2.24, 2.45) is 0 Å². The molecule has 7 heteroatoms. The Morgan fingerprint density at radius 3 is 2.30 bits per heavy atom. The Hall–Kier alpha value is -2.67. The van der Waals surface area contributed by atoms with Gasteiger partial charge in [0.1, 0.15) is 11.5 Å². The summed E-state index contributed by atoms with van der Waals surface area (Å²) in [6.07, 6.45) is 1.94. The van der Waals surface area contributed by atoms with Gasteiger partial charge < -0.3 is 19.7 Å². The topological polar surface area (TPSA) is 67.9 Å². The van der Waals surface area contributed by atoms with Crippen LogP contribution in [-0.4, -0.2) is 49.8 Å². The molecule has 0 aromatic heterocycles. The molecule has 0 atom stereocenters. The minimum absolute atomic E-state index is 0.0474. The van der Waals surface area contributed by atoms with E-state index in [-0.39, 0.29) is 25.0 Å². The predicted octanol–water partition coefficient (Wildman–Crippen LogP) is 3.28. The normalized spacial score (nSPS) is 10.2. The Morgan fingerprint density at radius 1 is 1.04 bits per heavy atom. The summed E-state index contributed by atoms with van der Waals surface area (Å²) in [6.45, 7) is 2.31. The fraction of sp³-hybridized carbons (Fsp3) is 0.300. The van der Waals surface area contributed by atoms with Crippen molar-refractivity contribution in [3.05, 3.63) is 48.5 Å². The zero-order chi connectivity index (χ0) is 19.6. The second-order valence-corrected chi connectivity index (χ2v) is 6.54. The highest BCUT2D eigenvalue weighted by Gasteiger charge is 2.14. The molecule has 6 nitrogen and oxygen atoms in total. The van der Waals surface area contributed by atoms with Gasteiger partial charge in [0.25, 0.3) is 5.91 Å². The predicted molar refractivity (Wildman–Crippen MR) is 108 cm³/mol. The number of nitrogens with one attached hydrogen (secondary N) is 1. The third-order valence-corrected chi connectivity index (χ3v) is 4.48. The second kappa shape index (κ2) is 10.5. The lowest BCUT2D eigenvalue weighted by atomic mass is 10.3. The van der Waals surface area contributed by atoms with Crippen LogP contribution in [0.4, 0.5) is 5.69 Å². The summed E-state index contributed by atoms with van der Waals surface area (Å²) in [7, 11) is 1.57. The first kappa shape index (κ1) is 20.6. The van der Waals surface area contributed by atoms with E-state index in [4.69, 9.17) is 9.47 Å². The molecule has 0 saturated carbocycles. The highest BCUT2D eigenvalue weighted by Crippen LogP contribution is 2.24. The molecule has 0 aliphatic rings. The summed E-state index contributed by atoms with van der Waals surface area (Å²) >= 11 is 1.55. The van der Waals surface area contributed by atoms with E-state index >= 15 is 0 Å². The number of likely N-dealkylation sites (N-methyl/N-ethyl adjacent to an activating group) is 1. The van der Waals surface area contributed by atoms with Gasteiger partial charge in [0, 0.05) is 11.9 Å². The van der Waals surface area contributed by atoms with E-state index in [1.54, 1.807) is 43.1 Å². The first-order chi connectivity index (χ1) is 13.0. The Kier molecular flexibility index (Phi) is 8.00. The van der Waals surface area contributed by atoms with Crippen molar-refractivity contribution in [2.75, 3.05) is 38.4 Å². The average Bonchev–Trinajstić information content (AvgIpc) is 2.67.